The average molecular weight is 298 g/mol. The van der Waals surface area contributed by atoms with Gasteiger partial charge in [-0.3, -0.25) is 0 Å². The van der Waals surface area contributed by atoms with Gasteiger partial charge >= 0.3 is 6.09 Å². The first-order valence-corrected chi connectivity index (χ1v) is 8.53. The number of nitrogens with one attached hydrogen (secondary N) is 1. The molecule has 124 valence electrons. The Labute approximate surface area is 130 Å². The van der Waals surface area contributed by atoms with Crippen molar-refractivity contribution >= 4 is 6.09 Å². The molecule has 2 unspecified atom stereocenters. The quantitative estimate of drug-likeness (QED) is 0.813. The Morgan fingerprint density at radius 3 is 2.38 bits per heavy atom. The minimum atomic E-state index is -0.411. The fourth-order valence-corrected chi connectivity index (χ4v) is 3.32. The summed E-state index contributed by atoms with van der Waals surface area (Å²) in [6, 6.07) is 0.512. The molecule has 0 aliphatic carbocycles. The predicted octanol–water partition coefficient (Wildman–Crippen LogP) is 3.66. The maximum atomic E-state index is 12.2. The molecule has 1 amide bonds. The van der Waals surface area contributed by atoms with Crippen molar-refractivity contribution in [3.63, 3.8) is 0 Å². The fourth-order valence-electron chi connectivity index (χ4n) is 3.32. The van der Waals surface area contributed by atoms with Gasteiger partial charge in [-0.1, -0.05) is 33.6 Å². The molecule has 1 aliphatic rings. The van der Waals surface area contributed by atoms with E-state index in [4.69, 9.17) is 4.74 Å². The van der Waals surface area contributed by atoms with Crippen LogP contribution in [0, 0.1) is 11.8 Å². The van der Waals surface area contributed by atoms with E-state index in [0.717, 1.165) is 26.1 Å². The zero-order chi connectivity index (χ0) is 16.0. The van der Waals surface area contributed by atoms with Gasteiger partial charge in [-0.25, -0.2) is 4.79 Å². The SMILES string of the molecule is CCNC(C(CC)CC)C1CCN(C(=O)OC(C)(C)C)C1. The molecule has 0 aromatic heterocycles. The van der Waals surface area contributed by atoms with E-state index in [2.05, 4.69) is 26.1 Å². The van der Waals surface area contributed by atoms with Gasteiger partial charge in [-0.15, -0.1) is 0 Å². The molecule has 0 spiro atoms. The molecule has 1 saturated heterocycles. The van der Waals surface area contributed by atoms with Gasteiger partial charge in [0, 0.05) is 19.1 Å². The molecular formula is C17H34N2O2. The second-order valence-corrected chi connectivity index (χ2v) is 7.14. The summed E-state index contributed by atoms with van der Waals surface area (Å²) in [4.78, 5) is 14.1. The van der Waals surface area contributed by atoms with E-state index >= 15 is 0 Å². The van der Waals surface area contributed by atoms with Gasteiger partial charge in [-0.05, 0) is 45.6 Å². The summed E-state index contributed by atoms with van der Waals surface area (Å²) >= 11 is 0. The summed E-state index contributed by atoms with van der Waals surface area (Å²) in [7, 11) is 0. The van der Waals surface area contributed by atoms with Gasteiger partial charge in [0.15, 0.2) is 0 Å². The third-order valence-corrected chi connectivity index (χ3v) is 4.38. The molecular weight excluding hydrogens is 264 g/mol. The van der Waals surface area contributed by atoms with Crippen LogP contribution in [0.25, 0.3) is 0 Å². The molecule has 0 aromatic carbocycles. The molecule has 1 fully saturated rings. The normalized spacial score (nSPS) is 20.9. The first kappa shape index (κ1) is 18.3. The van der Waals surface area contributed by atoms with Crippen LogP contribution >= 0.6 is 0 Å². The highest BCUT2D eigenvalue weighted by Gasteiger charge is 2.35. The van der Waals surface area contributed by atoms with E-state index in [9.17, 15) is 4.79 Å². The van der Waals surface area contributed by atoms with E-state index in [1.165, 1.54) is 12.8 Å². The maximum absolute atomic E-state index is 12.2. The number of amides is 1. The molecule has 1 rings (SSSR count). The highest BCUT2D eigenvalue weighted by molar-refractivity contribution is 5.68. The Kier molecular flexibility index (Phi) is 6.98. The Morgan fingerprint density at radius 2 is 1.90 bits per heavy atom. The van der Waals surface area contributed by atoms with Crippen molar-refractivity contribution in [2.75, 3.05) is 19.6 Å². The number of rotatable bonds is 6. The standard InChI is InChI=1S/C17H34N2O2/c1-7-13(8-2)15(18-9-3)14-10-11-19(12-14)16(20)21-17(4,5)6/h13-15,18H,7-12H2,1-6H3. The number of ether oxygens (including phenoxy) is 1. The van der Waals surface area contributed by atoms with Gasteiger partial charge in [0.1, 0.15) is 5.60 Å². The minimum Gasteiger partial charge on any atom is -0.444 e. The Morgan fingerprint density at radius 1 is 1.29 bits per heavy atom. The molecule has 1 N–H and O–H groups in total. The Hall–Kier alpha value is -0.770. The zero-order valence-corrected chi connectivity index (χ0v) is 14.7. The van der Waals surface area contributed by atoms with Crippen LogP contribution in [0.3, 0.4) is 0 Å². The third-order valence-electron chi connectivity index (χ3n) is 4.38. The highest BCUT2D eigenvalue weighted by Crippen LogP contribution is 2.28. The molecule has 1 heterocycles. The van der Waals surface area contributed by atoms with E-state index in [-0.39, 0.29) is 6.09 Å². The topological polar surface area (TPSA) is 41.6 Å². The predicted molar refractivity (Wildman–Crippen MR) is 87.5 cm³/mol. The van der Waals surface area contributed by atoms with Crippen molar-refractivity contribution in [3.8, 4) is 0 Å². The number of carbonyl (C=O) groups is 1. The van der Waals surface area contributed by atoms with Crippen LogP contribution in [-0.2, 0) is 4.74 Å². The van der Waals surface area contributed by atoms with E-state index in [0.29, 0.717) is 17.9 Å². The lowest BCUT2D eigenvalue weighted by Crippen LogP contribution is -2.44. The summed E-state index contributed by atoms with van der Waals surface area (Å²) in [5, 5.41) is 3.66. The van der Waals surface area contributed by atoms with Crippen molar-refractivity contribution in [3.05, 3.63) is 0 Å². The number of nitrogens with zero attached hydrogens (tertiary/aromatic N) is 1. The lowest BCUT2D eigenvalue weighted by Gasteiger charge is -2.31. The van der Waals surface area contributed by atoms with Gasteiger partial charge in [0.05, 0.1) is 0 Å². The van der Waals surface area contributed by atoms with Crippen LogP contribution in [0.2, 0.25) is 0 Å². The number of carbonyl (C=O) groups excluding carboxylic acids is 1. The van der Waals surface area contributed by atoms with Gasteiger partial charge in [-0.2, -0.15) is 0 Å². The van der Waals surface area contributed by atoms with Crippen LogP contribution in [0.4, 0.5) is 4.79 Å². The largest absolute Gasteiger partial charge is 0.444 e. The average Bonchev–Trinajstić information content (AvgIpc) is 2.86. The first-order valence-electron chi connectivity index (χ1n) is 8.53. The molecule has 2 atom stereocenters. The van der Waals surface area contributed by atoms with Crippen molar-refractivity contribution in [1.29, 1.82) is 0 Å². The zero-order valence-electron chi connectivity index (χ0n) is 14.7. The molecule has 0 aromatic rings. The third kappa shape index (κ3) is 5.50. The summed E-state index contributed by atoms with van der Waals surface area (Å²) in [5.74, 6) is 1.23. The highest BCUT2D eigenvalue weighted by atomic mass is 16.6. The maximum Gasteiger partial charge on any atom is 0.410 e. The smallest absolute Gasteiger partial charge is 0.410 e. The summed E-state index contributed by atoms with van der Waals surface area (Å²) in [5.41, 5.74) is -0.411. The molecule has 21 heavy (non-hydrogen) atoms. The Balaban J connectivity index is 2.63. The van der Waals surface area contributed by atoms with Gasteiger partial charge in [0.25, 0.3) is 0 Å². The monoisotopic (exact) mass is 298 g/mol. The van der Waals surface area contributed by atoms with Crippen molar-refractivity contribution in [2.45, 2.75) is 72.4 Å². The fraction of sp³-hybridized carbons (Fsp3) is 0.941. The number of hydrogen-bond acceptors (Lipinski definition) is 3. The molecule has 0 saturated carbocycles. The number of hydrogen-bond donors (Lipinski definition) is 1. The van der Waals surface area contributed by atoms with Crippen molar-refractivity contribution in [1.82, 2.24) is 10.2 Å². The second kappa shape index (κ2) is 8.02. The van der Waals surface area contributed by atoms with Crippen LogP contribution in [0.1, 0.15) is 60.8 Å². The van der Waals surface area contributed by atoms with Gasteiger partial charge < -0.3 is 15.0 Å². The van der Waals surface area contributed by atoms with Crippen LogP contribution in [0.15, 0.2) is 0 Å². The summed E-state index contributed by atoms with van der Waals surface area (Å²) in [6.45, 7) is 15.1. The second-order valence-electron chi connectivity index (χ2n) is 7.14. The summed E-state index contributed by atoms with van der Waals surface area (Å²) in [6.07, 6.45) is 3.30. The Bertz CT molecular complexity index is 321. The molecule has 4 heteroatoms. The van der Waals surface area contributed by atoms with Crippen LogP contribution in [0.5, 0.6) is 0 Å². The van der Waals surface area contributed by atoms with E-state index in [1.807, 2.05) is 25.7 Å². The molecule has 4 nitrogen and oxygen atoms in total. The van der Waals surface area contributed by atoms with E-state index < -0.39 is 5.60 Å². The van der Waals surface area contributed by atoms with Crippen LogP contribution in [-0.4, -0.2) is 42.3 Å². The van der Waals surface area contributed by atoms with Crippen molar-refractivity contribution < 1.29 is 9.53 Å². The van der Waals surface area contributed by atoms with E-state index in [1.54, 1.807) is 0 Å². The molecule has 0 radical (unpaired) electrons. The first-order chi connectivity index (χ1) is 9.82. The van der Waals surface area contributed by atoms with Gasteiger partial charge in [0.2, 0.25) is 0 Å². The molecule has 0 bridgehead atoms. The minimum absolute atomic E-state index is 0.162. The lowest BCUT2D eigenvalue weighted by molar-refractivity contribution is 0.0283. The number of likely N-dealkylation sites (tertiary alicyclic amines) is 1. The lowest BCUT2D eigenvalue weighted by atomic mass is 9.84. The van der Waals surface area contributed by atoms with Crippen LogP contribution < -0.4 is 5.32 Å². The summed E-state index contributed by atoms with van der Waals surface area (Å²) < 4.78 is 5.49. The molecule has 1 aliphatic heterocycles. The van der Waals surface area contributed by atoms with Crippen molar-refractivity contribution in [2.24, 2.45) is 11.8 Å².